The number of hydrogen-bond acceptors (Lipinski definition) is 6. The molecule has 7 heteroatoms. The molecule has 0 atom stereocenters. The normalized spacial score (nSPS) is 11.2. The first-order valence-corrected chi connectivity index (χ1v) is 7.02. The standard InChI is InChI=1S/C13H14N6S/c1-8(2)11-16-13(20-18-11)19-7-15-12(17-19)9-4-3-5-10(14)6-9/h3-8H,14H2,1-2H3. The molecular weight excluding hydrogens is 272 g/mol. The molecule has 0 amide bonds. The molecule has 0 radical (unpaired) electrons. The topological polar surface area (TPSA) is 82.5 Å². The summed E-state index contributed by atoms with van der Waals surface area (Å²) in [6.07, 6.45) is 1.64. The van der Waals surface area contributed by atoms with Crippen LogP contribution in [0.5, 0.6) is 0 Å². The number of rotatable bonds is 3. The fourth-order valence-electron chi connectivity index (χ4n) is 1.72. The summed E-state index contributed by atoms with van der Waals surface area (Å²) >= 11 is 1.32. The predicted octanol–water partition coefficient (Wildman–Crippen LogP) is 2.49. The maximum absolute atomic E-state index is 5.77. The average molecular weight is 286 g/mol. The minimum Gasteiger partial charge on any atom is -0.399 e. The van der Waals surface area contributed by atoms with Gasteiger partial charge in [-0.3, -0.25) is 0 Å². The Labute approximate surface area is 120 Å². The lowest BCUT2D eigenvalue weighted by Gasteiger charge is -1.97. The number of hydrogen-bond donors (Lipinski definition) is 1. The van der Waals surface area contributed by atoms with Crippen molar-refractivity contribution in [3.63, 3.8) is 0 Å². The van der Waals surface area contributed by atoms with Crippen molar-refractivity contribution >= 4 is 17.2 Å². The largest absolute Gasteiger partial charge is 0.399 e. The van der Waals surface area contributed by atoms with Crippen LogP contribution >= 0.6 is 11.5 Å². The van der Waals surface area contributed by atoms with Gasteiger partial charge in [-0.1, -0.05) is 26.0 Å². The quantitative estimate of drug-likeness (QED) is 0.748. The molecule has 0 saturated heterocycles. The van der Waals surface area contributed by atoms with Crippen molar-refractivity contribution in [1.29, 1.82) is 0 Å². The molecule has 0 fully saturated rings. The van der Waals surface area contributed by atoms with Crippen LogP contribution in [0, 0.1) is 0 Å². The van der Waals surface area contributed by atoms with E-state index in [0.717, 1.165) is 16.5 Å². The van der Waals surface area contributed by atoms with Crippen LogP contribution in [0.4, 0.5) is 5.69 Å². The summed E-state index contributed by atoms with van der Waals surface area (Å²) in [6, 6.07) is 7.49. The molecule has 0 saturated carbocycles. The van der Waals surface area contributed by atoms with Gasteiger partial charge in [-0.2, -0.15) is 9.06 Å². The molecule has 1 aromatic carbocycles. The van der Waals surface area contributed by atoms with Gasteiger partial charge in [0.25, 0.3) is 0 Å². The third kappa shape index (κ3) is 2.39. The average Bonchev–Trinajstić information content (AvgIpc) is 3.08. The minimum absolute atomic E-state index is 0.303. The zero-order valence-corrected chi connectivity index (χ0v) is 12.0. The number of anilines is 1. The molecule has 0 aliphatic carbocycles. The van der Waals surface area contributed by atoms with Crippen molar-refractivity contribution in [3.8, 4) is 16.5 Å². The van der Waals surface area contributed by atoms with E-state index in [0.29, 0.717) is 17.4 Å². The Morgan fingerprint density at radius 1 is 1.30 bits per heavy atom. The zero-order chi connectivity index (χ0) is 14.1. The zero-order valence-electron chi connectivity index (χ0n) is 11.2. The molecular formula is C13H14N6S. The Kier molecular flexibility index (Phi) is 3.19. The van der Waals surface area contributed by atoms with Gasteiger partial charge >= 0.3 is 0 Å². The fraction of sp³-hybridized carbons (Fsp3) is 0.231. The van der Waals surface area contributed by atoms with E-state index in [4.69, 9.17) is 5.73 Å². The van der Waals surface area contributed by atoms with Crippen LogP contribution in [-0.4, -0.2) is 24.1 Å². The van der Waals surface area contributed by atoms with E-state index in [2.05, 4.69) is 33.3 Å². The highest BCUT2D eigenvalue weighted by atomic mass is 32.1. The maximum atomic E-state index is 5.77. The second kappa shape index (κ2) is 5.01. The van der Waals surface area contributed by atoms with Gasteiger partial charge in [-0.05, 0) is 12.1 Å². The molecule has 3 rings (SSSR count). The predicted molar refractivity (Wildman–Crippen MR) is 78.8 cm³/mol. The summed E-state index contributed by atoms with van der Waals surface area (Å²) in [5.74, 6) is 1.75. The summed E-state index contributed by atoms with van der Waals surface area (Å²) in [6.45, 7) is 4.12. The van der Waals surface area contributed by atoms with Crippen LogP contribution < -0.4 is 5.73 Å². The first kappa shape index (κ1) is 12.7. The Balaban J connectivity index is 1.93. The molecule has 0 unspecified atom stereocenters. The molecule has 0 spiro atoms. The third-order valence-corrected chi connectivity index (χ3v) is 3.50. The molecule has 0 aliphatic rings. The molecule has 0 bridgehead atoms. The number of nitrogens with two attached hydrogens (primary N) is 1. The van der Waals surface area contributed by atoms with Gasteiger partial charge < -0.3 is 5.73 Å². The van der Waals surface area contributed by atoms with E-state index in [9.17, 15) is 0 Å². The molecule has 20 heavy (non-hydrogen) atoms. The van der Waals surface area contributed by atoms with E-state index < -0.39 is 0 Å². The number of nitrogen functional groups attached to an aromatic ring is 1. The van der Waals surface area contributed by atoms with Crippen LogP contribution in [0.15, 0.2) is 30.6 Å². The van der Waals surface area contributed by atoms with E-state index in [-0.39, 0.29) is 0 Å². The van der Waals surface area contributed by atoms with Crippen LogP contribution in [0.25, 0.3) is 16.5 Å². The SMILES string of the molecule is CC(C)c1nsc(-n2cnc(-c3cccc(N)c3)n2)n1. The summed E-state index contributed by atoms with van der Waals surface area (Å²) < 4.78 is 5.95. The molecule has 3 aromatic rings. The monoisotopic (exact) mass is 286 g/mol. The van der Waals surface area contributed by atoms with Crippen LogP contribution in [0.1, 0.15) is 25.6 Å². The Bertz CT molecular complexity index is 730. The molecule has 6 nitrogen and oxygen atoms in total. The third-order valence-electron chi connectivity index (χ3n) is 2.78. The van der Waals surface area contributed by atoms with Gasteiger partial charge in [-0.25, -0.2) is 9.97 Å². The minimum atomic E-state index is 0.303. The highest BCUT2D eigenvalue weighted by molar-refractivity contribution is 7.08. The number of nitrogens with zero attached hydrogens (tertiary/aromatic N) is 5. The van der Waals surface area contributed by atoms with Crippen molar-refractivity contribution in [2.75, 3.05) is 5.73 Å². The van der Waals surface area contributed by atoms with E-state index in [1.165, 1.54) is 11.5 Å². The van der Waals surface area contributed by atoms with Gasteiger partial charge in [0.1, 0.15) is 12.2 Å². The van der Waals surface area contributed by atoms with Crippen LogP contribution in [-0.2, 0) is 0 Å². The first-order valence-electron chi connectivity index (χ1n) is 6.25. The molecule has 102 valence electrons. The second-order valence-corrected chi connectivity index (χ2v) is 5.46. The van der Waals surface area contributed by atoms with Gasteiger partial charge in [0, 0.05) is 28.7 Å². The highest BCUT2D eigenvalue weighted by Crippen LogP contribution is 2.20. The van der Waals surface area contributed by atoms with Gasteiger partial charge in [0.15, 0.2) is 5.82 Å². The van der Waals surface area contributed by atoms with Crippen molar-refractivity contribution < 1.29 is 0 Å². The van der Waals surface area contributed by atoms with E-state index in [1.807, 2.05) is 24.3 Å². The molecule has 2 N–H and O–H groups in total. The Hall–Kier alpha value is -2.28. The van der Waals surface area contributed by atoms with Crippen LogP contribution in [0.2, 0.25) is 0 Å². The van der Waals surface area contributed by atoms with E-state index >= 15 is 0 Å². The van der Waals surface area contributed by atoms with Gasteiger partial charge in [0.2, 0.25) is 5.13 Å². The second-order valence-electron chi connectivity index (χ2n) is 4.73. The lowest BCUT2D eigenvalue weighted by atomic mass is 10.2. The lowest BCUT2D eigenvalue weighted by Crippen LogP contribution is -1.96. The molecule has 0 aliphatic heterocycles. The van der Waals surface area contributed by atoms with Crippen molar-refractivity contribution in [2.45, 2.75) is 19.8 Å². The van der Waals surface area contributed by atoms with E-state index in [1.54, 1.807) is 11.0 Å². The molecule has 2 heterocycles. The van der Waals surface area contributed by atoms with Crippen molar-refractivity contribution in [1.82, 2.24) is 24.1 Å². The summed E-state index contributed by atoms with van der Waals surface area (Å²) in [5, 5.41) is 5.14. The first-order chi connectivity index (χ1) is 9.63. The van der Waals surface area contributed by atoms with Gasteiger partial charge in [-0.15, -0.1) is 5.10 Å². The maximum Gasteiger partial charge on any atom is 0.231 e. The van der Waals surface area contributed by atoms with Crippen LogP contribution in [0.3, 0.4) is 0 Å². The Morgan fingerprint density at radius 2 is 2.15 bits per heavy atom. The van der Waals surface area contributed by atoms with Crippen molar-refractivity contribution in [3.05, 3.63) is 36.4 Å². The Morgan fingerprint density at radius 3 is 2.85 bits per heavy atom. The van der Waals surface area contributed by atoms with Crippen molar-refractivity contribution in [2.24, 2.45) is 0 Å². The fourth-order valence-corrected chi connectivity index (χ4v) is 2.45. The summed E-state index contributed by atoms with van der Waals surface area (Å²) in [4.78, 5) is 8.74. The summed E-state index contributed by atoms with van der Waals surface area (Å²) in [7, 11) is 0. The number of aromatic nitrogens is 5. The molecule has 2 aromatic heterocycles. The summed E-state index contributed by atoms with van der Waals surface area (Å²) in [5.41, 5.74) is 7.35. The van der Waals surface area contributed by atoms with Gasteiger partial charge in [0.05, 0.1) is 0 Å². The smallest absolute Gasteiger partial charge is 0.231 e. The number of benzene rings is 1. The lowest BCUT2D eigenvalue weighted by molar-refractivity contribution is 0.781. The highest BCUT2D eigenvalue weighted by Gasteiger charge is 2.11.